The maximum atomic E-state index is 13.9. The van der Waals surface area contributed by atoms with Crippen molar-refractivity contribution >= 4 is 28.6 Å². The predicted octanol–water partition coefficient (Wildman–Crippen LogP) is 4.61. The first-order valence-corrected chi connectivity index (χ1v) is 13.1. The van der Waals surface area contributed by atoms with Crippen LogP contribution in [0.15, 0.2) is 79.0 Å². The Morgan fingerprint density at radius 2 is 1.64 bits per heavy atom. The molecule has 8 heteroatoms. The van der Waals surface area contributed by atoms with Gasteiger partial charge in [-0.2, -0.15) is 0 Å². The second-order valence-electron chi connectivity index (χ2n) is 9.92. The van der Waals surface area contributed by atoms with Crippen LogP contribution in [0.2, 0.25) is 0 Å². The molecule has 2 heterocycles. The van der Waals surface area contributed by atoms with Gasteiger partial charge in [-0.15, -0.1) is 0 Å². The average molecular weight is 525 g/mol. The molecular formula is C31H32N4O4. The number of aryl methyl sites for hydroxylation is 1. The highest BCUT2D eigenvalue weighted by molar-refractivity contribution is 6.04. The molecule has 200 valence electrons. The summed E-state index contributed by atoms with van der Waals surface area (Å²) in [6.07, 6.45) is 2.70. The molecule has 3 aromatic carbocycles. The minimum absolute atomic E-state index is 0.182. The molecule has 0 saturated heterocycles. The molecule has 0 radical (unpaired) electrons. The minimum Gasteiger partial charge on any atom is -0.497 e. The van der Waals surface area contributed by atoms with E-state index in [-0.39, 0.29) is 11.8 Å². The largest absolute Gasteiger partial charge is 0.497 e. The molecule has 5 rings (SSSR count). The SMILES string of the molecule is CCC(C)C(C(=O)NNC(=O)c1ccc(OC)cc1)N1C(=O)c2ccccc2C1c1cn(C)c2ccccc12. The number of hydrogen-bond donors (Lipinski definition) is 2. The number of benzene rings is 3. The van der Waals surface area contributed by atoms with E-state index in [2.05, 4.69) is 10.9 Å². The van der Waals surface area contributed by atoms with E-state index in [1.165, 1.54) is 0 Å². The van der Waals surface area contributed by atoms with Gasteiger partial charge in [0.2, 0.25) is 0 Å². The number of hydrogen-bond acceptors (Lipinski definition) is 4. The lowest BCUT2D eigenvalue weighted by Crippen LogP contribution is -2.55. The third-order valence-electron chi connectivity index (χ3n) is 7.62. The first kappa shape index (κ1) is 26.0. The van der Waals surface area contributed by atoms with Crippen LogP contribution in [0.3, 0.4) is 0 Å². The lowest BCUT2D eigenvalue weighted by atomic mass is 9.93. The highest BCUT2D eigenvalue weighted by Gasteiger charge is 2.46. The Balaban J connectivity index is 1.51. The quantitative estimate of drug-likeness (QED) is 0.346. The van der Waals surface area contributed by atoms with E-state index in [0.717, 1.165) is 22.0 Å². The molecule has 0 fully saturated rings. The van der Waals surface area contributed by atoms with Crippen LogP contribution < -0.4 is 15.6 Å². The molecule has 0 saturated carbocycles. The zero-order chi connectivity index (χ0) is 27.7. The number of nitrogens with zero attached hydrogens (tertiary/aromatic N) is 2. The fourth-order valence-corrected chi connectivity index (χ4v) is 5.42. The molecular weight excluding hydrogens is 492 g/mol. The fraction of sp³-hybridized carbons (Fsp3) is 0.258. The number of ether oxygens (including phenoxy) is 1. The van der Waals surface area contributed by atoms with Crippen molar-refractivity contribution < 1.29 is 19.1 Å². The first-order chi connectivity index (χ1) is 18.8. The van der Waals surface area contributed by atoms with Crippen molar-refractivity contribution in [1.29, 1.82) is 0 Å². The molecule has 0 spiro atoms. The van der Waals surface area contributed by atoms with Crippen LogP contribution >= 0.6 is 0 Å². The average Bonchev–Trinajstić information content (AvgIpc) is 3.45. The molecule has 3 atom stereocenters. The Hall–Kier alpha value is -4.59. The minimum atomic E-state index is -0.824. The Morgan fingerprint density at radius 3 is 2.36 bits per heavy atom. The van der Waals surface area contributed by atoms with Crippen LogP contribution in [0, 0.1) is 5.92 Å². The summed E-state index contributed by atoms with van der Waals surface area (Å²) in [5.74, 6) is -0.670. The maximum absolute atomic E-state index is 13.9. The van der Waals surface area contributed by atoms with Gasteiger partial charge in [-0.1, -0.05) is 56.7 Å². The second-order valence-corrected chi connectivity index (χ2v) is 9.92. The number of aromatic nitrogens is 1. The van der Waals surface area contributed by atoms with Crippen LogP contribution in [-0.2, 0) is 11.8 Å². The van der Waals surface area contributed by atoms with Gasteiger partial charge in [0, 0.05) is 40.8 Å². The third-order valence-corrected chi connectivity index (χ3v) is 7.62. The number of amides is 3. The number of nitrogens with one attached hydrogen (secondary N) is 2. The van der Waals surface area contributed by atoms with Crippen molar-refractivity contribution in [1.82, 2.24) is 20.3 Å². The van der Waals surface area contributed by atoms with Gasteiger partial charge in [0.15, 0.2) is 0 Å². The fourth-order valence-electron chi connectivity index (χ4n) is 5.42. The Morgan fingerprint density at radius 1 is 0.949 bits per heavy atom. The molecule has 3 unspecified atom stereocenters. The summed E-state index contributed by atoms with van der Waals surface area (Å²) < 4.78 is 7.19. The predicted molar refractivity (Wildman–Crippen MR) is 149 cm³/mol. The highest BCUT2D eigenvalue weighted by atomic mass is 16.5. The topological polar surface area (TPSA) is 92.7 Å². The summed E-state index contributed by atoms with van der Waals surface area (Å²) >= 11 is 0. The van der Waals surface area contributed by atoms with Crippen LogP contribution in [0.1, 0.15) is 58.2 Å². The summed E-state index contributed by atoms with van der Waals surface area (Å²) in [7, 11) is 3.53. The summed E-state index contributed by atoms with van der Waals surface area (Å²) in [6.45, 7) is 3.94. The monoisotopic (exact) mass is 524 g/mol. The number of methoxy groups -OCH3 is 1. The lowest BCUT2D eigenvalue weighted by molar-refractivity contribution is -0.128. The Bertz CT molecular complexity index is 1540. The normalized spacial score (nSPS) is 16.1. The molecule has 1 aliphatic heterocycles. The summed E-state index contributed by atoms with van der Waals surface area (Å²) in [5.41, 5.74) is 8.93. The molecule has 3 amide bonds. The zero-order valence-corrected chi connectivity index (χ0v) is 22.5. The highest BCUT2D eigenvalue weighted by Crippen LogP contribution is 2.44. The van der Waals surface area contributed by atoms with Crippen molar-refractivity contribution in [2.75, 3.05) is 7.11 Å². The van der Waals surface area contributed by atoms with E-state index >= 15 is 0 Å². The van der Waals surface area contributed by atoms with Gasteiger partial charge in [-0.3, -0.25) is 25.2 Å². The van der Waals surface area contributed by atoms with E-state index in [4.69, 9.17) is 4.74 Å². The van der Waals surface area contributed by atoms with E-state index in [9.17, 15) is 14.4 Å². The third kappa shape index (κ3) is 4.63. The molecule has 0 bridgehead atoms. The second kappa shape index (κ2) is 10.6. The van der Waals surface area contributed by atoms with Crippen LogP contribution in [0.25, 0.3) is 10.9 Å². The maximum Gasteiger partial charge on any atom is 0.269 e. The molecule has 2 N–H and O–H groups in total. The first-order valence-electron chi connectivity index (χ1n) is 13.1. The smallest absolute Gasteiger partial charge is 0.269 e. The molecule has 4 aromatic rings. The van der Waals surface area contributed by atoms with E-state index < -0.39 is 23.9 Å². The molecule has 8 nitrogen and oxygen atoms in total. The van der Waals surface area contributed by atoms with Crippen LogP contribution in [0.5, 0.6) is 5.75 Å². The number of fused-ring (bicyclic) bond motifs is 2. The molecule has 1 aromatic heterocycles. The van der Waals surface area contributed by atoms with Gasteiger partial charge < -0.3 is 14.2 Å². The zero-order valence-electron chi connectivity index (χ0n) is 22.5. The molecule has 39 heavy (non-hydrogen) atoms. The number of para-hydroxylation sites is 1. The van der Waals surface area contributed by atoms with Gasteiger partial charge >= 0.3 is 0 Å². The molecule has 0 aliphatic carbocycles. The van der Waals surface area contributed by atoms with Crippen molar-refractivity contribution in [3.63, 3.8) is 0 Å². The van der Waals surface area contributed by atoms with Gasteiger partial charge in [0.1, 0.15) is 11.8 Å². The van der Waals surface area contributed by atoms with Gasteiger partial charge in [-0.05, 0) is 47.9 Å². The lowest BCUT2D eigenvalue weighted by Gasteiger charge is -2.36. The Kier molecular flexibility index (Phi) is 7.11. The van der Waals surface area contributed by atoms with Crippen LogP contribution in [-0.4, -0.2) is 40.3 Å². The molecule has 1 aliphatic rings. The number of rotatable bonds is 7. The van der Waals surface area contributed by atoms with E-state index in [1.54, 1.807) is 36.3 Å². The summed E-state index contributed by atoms with van der Waals surface area (Å²) in [4.78, 5) is 42.2. The van der Waals surface area contributed by atoms with Gasteiger partial charge in [0.05, 0.1) is 13.2 Å². The summed E-state index contributed by atoms with van der Waals surface area (Å²) in [6, 6.07) is 20.9. The van der Waals surface area contributed by atoms with Crippen molar-refractivity contribution in [3.05, 3.63) is 101 Å². The van der Waals surface area contributed by atoms with Crippen molar-refractivity contribution in [2.24, 2.45) is 13.0 Å². The Labute approximate surface area is 227 Å². The van der Waals surface area contributed by atoms with Crippen LogP contribution in [0.4, 0.5) is 0 Å². The summed E-state index contributed by atoms with van der Waals surface area (Å²) in [5, 5.41) is 1.02. The standard InChI is InChI=1S/C31H32N4O4/c1-5-19(2)27(30(37)33-32-29(36)20-14-16-21(39-4)17-15-20)35-28(23-11-6-7-12-24(23)31(35)38)25-18-34(3)26-13-9-8-10-22(25)26/h6-19,27-28H,5H2,1-4H3,(H,32,36)(H,33,37). The number of carbonyl (C=O) groups excluding carboxylic acids is 3. The van der Waals surface area contributed by atoms with Crippen molar-refractivity contribution in [3.8, 4) is 5.75 Å². The number of hydrazine groups is 1. The van der Waals surface area contributed by atoms with E-state index in [0.29, 0.717) is 23.3 Å². The van der Waals surface area contributed by atoms with E-state index in [1.807, 2.05) is 80.2 Å². The number of carbonyl (C=O) groups is 3. The van der Waals surface area contributed by atoms with Gasteiger partial charge in [0.25, 0.3) is 17.7 Å². The van der Waals surface area contributed by atoms with Gasteiger partial charge in [-0.25, -0.2) is 0 Å². The van der Waals surface area contributed by atoms with Crippen molar-refractivity contribution in [2.45, 2.75) is 32.4 Å².